The van der Waals surface area contributed by atoms with E-state index in [9.17, 15) is 4.79 Å². The van der Waals surface area contributed by atoms with Crippen molar-refractivity contribution in [2.75, 3.05) is 11.1 Å². The molecule has 2 aromatic carbocycles. The minimum absolute atomic E-state index is 0.106. The number of hydrogen-bond donors (Lipinski definition) is 3. The molecule has 0 aliphatic carbocycles. The highest BCUT2D eigenvalue weighted by Crippen LogP contribution is 2.23. The molecule has 2 aromatic rings. The fourth-order valence-electron chi connectivity index (χ4n) is 2.03. The van der Waals surface area contributed by atoms with Crippen LogP contribution < -0.4 is 11.1 Å². The number of carbonyl (C=O) groups is 1. The highest BCUT2D eigenvalue weighted by molar-refractivity contribution is 5.95. The van der Waals surface area contributed by atoms with Gasteiger partial charge in [-0.05, 0) is 55.3 Å². The standard InChI is InChI=1S/C15H16N2O2/c1-9-5-10(2)7-12(6-9)17-11-3-4-14(16)13(8-11)15(18)19/h3-8,17H,16H2,1-2H3,(H,18,19). The Morgan fingerprint density at radius 2 is 1.68 bits per heavy atom. The lowest BCUT2D eigenvalue weighted by atomic mass is 10.1. The van der Waals surface area contributed by atoms with Gasteiger partial charge in [-0.1, -0.05) is 6.07 Å². The lowest BCUT2D eigenvalue weighted by molar-refractivity contribution is 0.0698. The van der Waals surface area contributed by atoms with Gasteiger partial charge in [0.25, 0.3) is 0 Å². The van der Waals surface area contributed by atoms with E-state index in [4.69, 9.17) is 10.8 Å². The van der Waals surface area contributed by atoms with E-state index in [2.05, 4.69) is 11.4 Å². The predicted molar refractivity (Wildman–Crippen MR) is 77.0 cm³/mol. The highest BCUT2D eigenvalue weighted by Gasteiger charge is 2.08. The monoisotopic (exact) mass is 256 g/mol. The molecule has 19 heavy (non-hydrogen) atoms. The van der Waals surface area contributed by atoms with E-state index in [-0.39, 0.29) is 11.3 Å². The van der Waals surface area contributed by atoms with E-state index in [1.165, 1.54) is 6.07 Å². The van der Waals surface area contributed by atoms with Crippen LogP contribution >= 0.6 is 0 Å². The van der Waals surface area contributed by atoms with E-state index < -0.39 is 5.97 Å². The van der Waals surface area contributed by atoms with Crippen molar-refractivity contribution in [3.63, 3.8) is 0 Å². The molecule has 4 nitrogen and oxygen atoms in total. The van der Waals surface area contributed by atoms with Crippen molar-refractivity contribution in [2.45, 2.75) is 13.8 Å². The Bertz CT molecular complexity index is 616. The quantitative estimate of drug-likeness (QED) is 0.736. The molecule has 0 aromatic heterocycles. The summed E-state index contributed by atoms with van der Waals surface area (Å²) in [6.07, 6.45) is 0. The molecule has 0 bridgehead atoms. The molecule has 0 spiro atoms. The van der Waals surface area contributed by atoms with Gasteiger partial charge in [-0.15, -0.1) is 0 Å². The largest absolute Gasteiger partial charge is 0.478 e. The molecule has 0 aliphatic heterocycles. The molecule has 0 saturated carbocycles. The number of aromatic carboxylic acids is 1. The summed E-state index contributed by atoms with van der Waals surface area (Å²) in [5.74, 6) is -1.03. The van der Waals surface area contributed by atoms with Crippen LogP contribution in [0.4, 0.5) is 17.1 Å². The number of carboxylic acid groups (broad SMARTS) is 1. The van der Waals surface area contributed by atoms with Crippen LogP contribution in [0.1, 0.15) is 21.5 Å². The van der Waals surface area contributed by atoms with Crippen molar-refractivity contribution in [1.82, 2.24) is 0 Å². The number of nitrogen functional groups attached to an aromatic ring is 1. The Balaban J connectivity index is 2.33. The van der Waals surface area contributed by atoms with E-state index in [1.807, 2.05) is 26.0 Å². The molecule has 0 radical (unpaired) electrons. The molecule has 0 fully saturated rings. The SMILES string of the molecule is Cc1cc(C)cc(Nc2ccc(N)c(C(=O)O)c2)c1. The first kappa shape index (κ1) is 13.0. The van der Waals surface area contributed by atoms with Crippen molar-refractivity contribution in [1.29, 1.82) is 0 Å². The maximum Gasteiger partial charge on any atom is 0.337 e. The van der Waals surface area contributed by atoms with Crippen LogP contribution in [-0.2, 0) is 0 Å². The molecule has 4 heteroatoms. The first-order valence-electron chi connectivity index (χ1n) is 5.94. The number of benzene rings is 2. The smallest absolute Gasteiger partial charge is 0.337 e. The lowest BCUT2D eigenvalue weighted by Crippen LogP contribution is -2.03. The van der Waals surface area contributed by atoms with Crippen LogP contribution in [0.2, 0.25) is 0 Å². The Labute approximate surface area is 111 Å². The molecular weight excluding hydrogens is 240 g/mol. The summed E-state index contributed by atoms with van der Waals surface area (Å²) >= 11 is 0. The molecule has 0 atom stereocenters. The van der Waals surface area contributed by atoms with Gasteiger partial charge in [0.15, 0.2) is 0 Å². The molecule has 4 N–H and O–H groups in total. The Morgan fingerprint density at radius 1 is 1.05 bits per heavy atom. The molecule has 0 heterocycles. The average molecular weight is 256 g/mol. The van der Waals surface area contributed by atoms with Crippen molar-refractivity contribution in [3.05, 3.63) is 53.1 Å². The first-order chi connectivity index (χ1) is 8.95. The third kappa shape index (κ3) is 3.04. The average Bonchev–Trinajstić information content (AvgIpc) is 2.30. The van der Waals surface area contributed by atoms with Gasteiger partial charge in [-0.2, -0.15) is 0 Å². The number of nitrogens with one attached hydrogen (secondary N) is 1. The zero-order chi connectivity index (χ0) is 14.0. The second-order valence-electron chi connectivity index (χ2n) is 4.61. The number of carboxylic acids is 1. The fourth-order valence-corrected chi connectivity index (χ4v) is 2.03. The molecule has 2 rings (SSSR count). The lowest BCUT2D eigenvalue weighted by Gasteiger charge is -2.10. The summed E-state index contributed by atoms with van der Waals surface area (Å²) in [7, 11) is 0. The maximum atomic E-state index is 11.0. The third-order valence-electron chi connectivity index (χ3n) is 2.79. The summed E-state index contributed by atoms with van der Waals surface area (Å²) in [6, 6.07) is 11.0. The van der Waals surface area contributed by atoms with Gasteiger partial charge >= 0.3 is 5.97 Å². The van der Waals surface area contributed by atoms with Gasteiger partial charge in [0.1, 0.15) is 0 Å². The van der Waals surface area contributed by atoms with Gasteiger partial charge in [0.05, 0.1) is 5.56 Å². The number of nitrogens with two attached hydrogens (primary N) is 1. The van der Waals surface area contributed by atoms with Crippen LogP contribution in [0.15, 0.2) is 36.4 Å². The second kappa shape index (κ2) is 5.02. The highest BCUT2D eigenvalue weighted by atomic mass is 16.4. The molecule has 0 unspecified atom stereocenters. The van der Waals surface area contributed by atoms with E-state index in [1.54, 1.807) is 12.1 Å². The summed E-state index contributed by atoms with van der Waals surface area (Å²) < 4.78 is 0. The number of hydrogen-bond acceptors (Lipinski definition) is 3. The van der Waals surface area contributed by atoms with Gasteiger partial charge in [-0.25, -0.2) is 4.79 Å². The summed E-state index contributed by atoms with van der Waals surface area (Å²) in [5, 5.41) is 12.2. The zero-order valence-electron chi connectivity index (χ0n) is 10.9. The van der Waals surface area contributed by atoms with Gasteiger partial charge in [0, 0.05) is 17.1 Å². The van der Waals surface area contributed by atoms with Crippen LogP contribution in [0.3, 0.4) is 0 Å². The fraction of sp³-hybridized carbons (Fsp3) is 0.133. The number of aryl methyl sites for hydroxylation is 2. The summed E-state index contributed by atoms with van der Waals surface area (Å²) in [4.78, 5) is 11.0. The van der Waals surface area contributed by atoms with Crippen molar-refractivity contribution >= 4 is 23.0 Å². The topological polar surface area (TPSA) is 75.3 Å². The molecule has 0 amide bonds. The predicted octanol–water partition coefficient (Wildman–Crippen LogP) is 3.33. The first-order valence-corrected chi connectivity index (χ1v) is 5.94. The summed E-state index contributed by atoms with van der Waals surface area (Å²) in [5.41, 5.74) is 9.93. The minimum Gasteiger partial charge on any atom is -0.478 e. The van der Waals surface area contributed by atoms with Crippen LogP contribution in [0, 0.1) is 13.8 Å². The molecular formula is C15H16N2O2. The Morgan fingerprint density at radius 3 is 2.26 bits per heavy atom. The van der Waals surface area contributed by atoms with Gasteiger partial charge in [-0.3, -0.25) is 0 Å². The van der Waals surface area contributed by atoms with Gasteiger partial charge in [0.2, 0.25) is 0 Å². The van der Waals surface area contributed by atoms with Crippen molar-refractivity contribution in [2.24, 2.45) is 0 Å². The number of rotatable bonds is 3. The van der Waals surface area contributed by atoms with Crippen LogP contribution in [-0.4, -0.2) is 11.1 Å². The zero-order valence-corrected chi connectivity index (χ0v) is 10.9. The van der Waals surface area contributed by atoms with E-state index in [0.29, 0.717) is 5.69 Å². The third-order valence-corrected chi connectivity index (χ3v) is 2.79. The second-order valence-corrected chi connectivity index (χ2v) is 4.61. The Kier molecular flexibility index (Phi) is 3.42. The molecule has 98 valence electrons. The minimum atomic E-state index is -1.03. The van der Waals surface area contributed by atoms with Crippen molar-refractivity contribution in [3.8, 4) is 0 Å². The maximum absolute atomic E-state index is 11.0. The van der Waals surface area contributed by atoms with Crippen LogP contribution in [0.5, 0.6) is 0 Å². The van der Waals surface area contributed by atoms with Crippen LogP contribution in [0.25, 0.3) is 0 Å². The van der Waals surface area contributed by atoms with E-state index >= 15 is 0 Å². The van der Waals surface area contributed by atoms with Crippen molar-refractivity contribution < 1.29 is 9.90 Å². The molecule has 0 saturated heterocycles. The van der Waals surface area contributed by atoms with Gasteiger partial charge < -0.3 is 16.2 Å². The number of anilines is 3. The summed E-state index contributed by atoms with van der Waals surface area (Å²) in [6.45, 7) is 4.04. The molecule has 0 aliphatic rings. The normalized spacial score (nSPS) is 10.2. The Hall–Kier alpha value is -2.49. The van der Waals surface area contributed by atoms with E-state index in [0.717, 1.165) is 16.8 Å².